The van der Waals surface area contributed by atoms with Crippen LogP contribution >= 0.6 is 23.5 Å². The Hall–Kier alpha value is 0.676. The summed E-state index contributed by atoms with van der Waals surface area (Å²) < 4.78 is 2.06. The van der Waals surface area contributed by atoms with Crippen molar-refractivity contribution in [2.45, 2.75) is 38.2 Å². The van der Waals surface area contributed by atoms with Crippen LogP contribution in [0.2, 0.25) is 34.5 Å². The van der Waals surface area contributed by atoms with Gasteiger partial charge in [-0.25, -0.2) is 0 Å². The minimum absolute atomic E-state index is 0.294. The van der Waals surface area contributed by atoms with Gasteiger partial charge in [0.05, 0.1) is 0 Å². The molecule has 0 aromatic heterocycles. The van der Waals surface area contributed by atoms with E-state index >= 15 is 0 Å². The Bertz CT molecular complexity index is 499. The Morgan fingerprint density at radius 2 is 1.65 bits per heavy atom. The van der Waals surface area contributed by atoms with Gasteiger partial charge in [-0.3, -0.25) is 0 Å². The molecule has 2 rings (SSSR count). The number of benzene rings is 1. The van der Waals surface area contributed by atoms with Crippen LogP contribution in [0, 0.1) is 0 Å². The third-order valence-corrected chi connectivity index (χ3v) is 22.6. The van der Waals surface area contributed by atoms with E-state index in [9.17, 15) is 0 Å². The molecule has 0 aliphatic carbocycles. The van der Waals surface area contributed by atoms with E-state index in [-0.39, 0.29) is 0 Å². The van der Waals surface area contributed by atoms with Crippen molar-refractivity contribution in [2.75, 3.05) is 5.75 Å². The minimum atomic E-state index is -1.98. The molecule has 1 aliphatic rings. The van der Waals surface area contributed by atoms with Gasteiger partial charge < -0.3 is 0 Å². The van der Waals surface area contributed by atoms with Crippen LogP contribution in [-0.2, 0) is 3.70 Å². The molecule has 1 unspecified atom stereocenters. The predicted octanol–water partition coefficient (Wildman–Crippen LogP) is 5.96. The average molecular weight is 429 g/mol. The summed E-state index contributed by atoms with van der Waals surface area (Å²) in [5, 5.41) is 0. The molecular weight excluding hydrogens is 403 g/mol. The summed E-state index contributed by atoms with van der Waals surface area (Å²) in [4.78, 5) is 7.64. The van der Waals surface area contributed by atoms with Crippen molar-refractivity contribution in [1.29, 1.82) is 0 Å². The van der Waals surface area contributed by atoms with Gasteiger partial charge in [-0.05, 0) is 0 Å². The summed E-state index contributed by atoms with van der Waals surface area (Å²) in [6.07, 6.45) is 2.53. The summed E-state index contributed by atoms with van der Waals surface area (Å²) in [6, 6.07) is 11.2. The Morgan fingerprint density at radius 1 is 1.05 bits per heavy atom. The van der Waals surface area contributed by atoms with Crippen molar-refractivity contribution in [3.05, 3.63) is 44.9 Å². The molecule has 0 spiro atoms. The van der Waals surface area contributed by atoms with Gasteiger partial charge in [0.25, 0.3) is 0 Å². The molecule has 1 atom stereocenters. The fraction of sp³-hybridized carbons (Fsp3) is 0.500. The zero-order valence-corrected chi connectivity index (χ0v) is 19.0. The van der Waals surface area contributed by atoms with Gasteiger partial charge in [-0.1, -0.05) is 0 Å². The van der Waals surface area contributed by atoms with Crippen LogP contribution in [0.1, 0.15) is 5.56 Å². The van der Waals surface area contributed by atoms with E-state index in [1.165, 1.54) is 11.3 Å². The molecule has 1 aromatic carbocycles. The topological polar surface area (TPSA) is 0 Å². The monoisotopic (exact) mass is 430 g/mol. The molecule has 0 nitrogen and oxygen atoms in total. The predicted molar refractivity (Wildman–Crippen MR) is 103 cm³/mol. The van der Waals surface area contributed by atoms with E-state index < -0.39 is 26.5 Å². The Kier molecular flexibility index (Phi) is 5.15. The molecule has 0 radical (unpaired) electrons. The second kappa shape index (κ2) is 6.05. The van der Waals surface area contributed by atoms with Crippen molar-refractivity contribution < 1.29 is 0 Å². The van der Waals surface area contributed by atoms with E-state index in [1.54, 1.807) is 2.92 Å². The molecule has 0 saturated carbocycles. The second-order valence-electron chi connectivity index (χ2n) is 7.46. The summed E-state index contributed by atoms with van der Waals surface area (Å²) in [5.41, 5.74) is 1.54. The molecule has 1 aliphatic heterocycles. The summed E-state index contributed by atoms with van der Waals surface area (Å²) >= 11 is 2.42. The first-order valence-corrected chi connectivity index (χ1v) is 22.6. The first kappa shape index (κ1) is 17.0. The van der Waals surface area contributed by atoms with Gasteiger partial charge in [0.2, 0.25) is 0 Å². The van der Waals surface area contributed by atoms with Crippen LogP contribution in [0.15, 0.2) is 39.3 Å². The SMILES string of the molecule is C[Si](C)(C)C1(c2ccccc2)SCC=[C]([Sn]([CH3])([CH3])[CH3])S1. The molecule has 4 heteroatoms. The summed E-state index contributed by atoms with van der Waals surface area (Å²) in [5.74, 6) is 1.19. The van der Waals surface area contributed by atoms with Gasteiger partial charge in [-0.15, -0.1) is 0 Å². The molecule has 20 heavy (non-hydrogen) atoms. The van der Waals surface area contributed by atoms with Crippen molar-refractivity contribution in [1.82, 2.24) is 0 Å². The van der Waals surface area contributed by atoms with E-state index in [0.29, 0.717) is 3.70 Å². The standard InChI is InChI=1S/C13H17S2Si.3CH3.Sn/c1-16(2,3)13(14-10-7-11-15-13)12-8-5-4-6-9-12;;;;/h4-9H,10H2,1-3H3;3*1H3;. The number of rotatable bonds is 3. The molecule has 1 aromatic rings. The second-order valence-corrected chi connectivity index (χ2v) is 31.6. The third-order valence-electron chi connectivity index (χ3n) is 3.69. The average Bonchev–Trinajstić information content (AvgIpc) is 2.37. The Morgan fingerprint density at radius 3 is 2.15 bits per heavy atom. The van der Waals surface area contributed by atoms with Crippen molar-refractivity contribution in [2.24, 2.45) is 0 Å². The quantitative estimate of drug-likeness (QED) is 0.544. The summed E-state index contributed by atoms with van der Waals surface area (Å²) in [7, 11) is -1.35. The number of thioether (sulfide) groups is 2. The van der Waals surface area contributed by atoms with Crippen molar-refractivity contribution in [3.63, 3.8) is 0 Å². The first-order chi connectivity index (χ1) is 9.17. The van der Waals surface area contributed by atoms with Gasteiger partial charge in [0, 0.05) is 0 Å². The molecule has 0 N–H and O–H groups in total. The number of hydrogen-bond donors (Lipinski definition) is 0. The van der Waals surface area contributed by atoms with E-state index in [4.69, 9.17) is 0 Å². The van der Waals surface area contributed by atoms with Gasteiger partial charge in [0.1, 0.15) is 0 Å². The maximum absolute atomic E-state index is 2.55. The molecule has 0 saturated heterocycles. The zero-order valence-electron chi connectivity index (χ0n) is 13.5. The molecule has 1 heterocycles. The van der Waals surface area contributed by atoms with E-state index in [1.807, 2.05) is 0 Å². The maximum atomic E-state index is 2.55. The number of hydrogen-bond acceptors (Lipinski definition) is 2. The van der Waals surface area contributed by atoms with Crippen LogP contribution in [0.25, 0.3) is 0 Å². The first-order valence-electron chi connectivity index (χ1n) is 7.26. The Balaban J connectivity index is 2.50. The van der Waals surface area contributed by atoms with Gasteiger partial charge in [0.15, 0.2) is 0 Å². The molecule has 0 fully saturated rings. The molecule has 0 amide bonds. The molecular formula is C16H26S2SiSn. The van der Waals surface area contributed by atoms with E-state index in [0.717, 1.165) is 0 Å². The van der Waals surface area contributed by atoms with Crippen LogP contribution in [0.5, 0.6) is 0 Å². The van der Waals surface area contributed by atoms with Crippen LogP contribution in [-0.4, -0.2) is 32.2 Å². The fourth-order valence-corrected chi connectivity index (χ4v) is 17.6. The van der Waals surface area contributed by atoms with Gasteiger partial charge >= 0.3 is 139 Å². The van der Waals surface area contributed by atoms with Crippen molar-refractivity contribution in [3.8, 4) is 0 Å². The third kappa shape index (κ3) is 3.36. The van der Waals surface area contributed by atoms with E-state index in [2.05, 4.69) is 94.4 Å². The van der Waals surface area contributed by atoms with Crippen LogP contribution in [0.4, 0.5) is 0 Å². The fourth-order valence-electron chi connectivity index (χ4n) is 2.52. The zero-order chi connectivity index (χ0) is 15.0. The molecule has 0 bridgehead atoms. The van der Waals surface area contributed by atoms with Crippen LogP contribution < -0.4 is 0 Å². The summed E-state index contributed by atoms with van der Waals surface area (Å²) in [6.45, 7) is 7.59. The van der Waals surface area contributed by atoms with Crippen molar-refractivity contribution >= 4 is 50.0 Å². The molecule has 110 valence electrons. The van der Waals surface area contributed by atoms with Crippen LogP contribution in [0.3, 0.4) is 0 Å². The normalized spacial score (nSPS) is 24.4. The van der Waals surface area contributed by atoms with Gasteiger partial charge in [-0.2, -0.15) is 0 Å². The Labute approximate surface area is 138 Å².